The Morgan fingerprint density at radius 2 is 1.79 bits per heavy atom. The third kappa shape index (κ3) is 6.46. The van der Waals surface area contributed by atoms with E-state index in [9.17, 15) is 23.1 Å². The molecule has 0 saturated carbocycles. The van der Waals surface area contributed by atoms with Crippen LogP contribution in [0.2, 0.25) is 0 Å². The first-order chi connectivity index (χ1) is 16.2. The van der Waals surface area contributed by atoms with Crippen molar-refractivity contribution in [3.8, 4) is 0 Å². The number of benzene rings is 2. The second-order valence-corrected chi connectivity index (χ2v) is 9.66. The third-order valence-electron chi connectivity index (χ3n) is 5.58. The maximum Gasteiger partial charge on any atom is 0.335 e. The van der Waals surface area contributed by atoms with Gasteiger partial charge in [0.15, 0.2) is 0 Å². The molecule has 1 aliphatic heterocycles. The van der Waals surface area contributed by atoms with Gasteiger partial charge in [-0.3, -0.25) is 14.4 Å². The molecule has 1 heterocycles. The molecule has 3 rings (SSSR count). The van der Waals surface area contributed by atoms with Gasteiger partial charge in [0.25, 0.3) is 10.0 Å². The highest BCUT2D eigenvalue weighted by atomic mass is 32.2. The minimum absolute atomic E-state index is 0.0161. The van der Waals surface area contributed by atoms with E-state index in [1.54, 1.807) is 38.3 Å². The van der Waals surface area contributed by atoms with Crippen LogP contribution < -0.4 is 14.9 Å². The summed E-state index contributed by atoms with van der Waals surface area (Å²) in [5.74, 6) is -1.23. The van der Waals surface area contributed by atoms with Gasteiger partial charge in [0, 0.05) is 39.8 Å². The molecule has 11 heteroatoms. The van der Waals surface area contributed by atoms with Crippen molar-refractivity contribution < 1.29 is 27.9 Å². The van der Waals surface area contributed by atoms with Crippen LogP contribution >= 0.6 is 0 Å². The lowest BCUT2D eigenvalue weighted by Crippen LogP contribution is -2.50. The van der Waals surface area contributed by atoms with Crippen molar-refractivity contribution in [2.45, 2.75) is 11.8 Å². The number of amides is 1. The molecule has 34 heavy (non-hydrogen) atoms. The molecule has 2 aromatic carbocycles. The number of methoxy groups -OCH3 is 1. The van der Waals surface area contributed by atoms with Crippen LogP contribution in [0.5, 0.6) is 0 Å². The highest BCUT2D eigenvalue weighted by Gasteiger charge is 2.24. The molecule has 0 spiro atoms. The Hall–Kier alpha value is -3.15. The van der Waals surface area contributed by atoms with Crippen molar-refractivity contribution in [2.24, 2.45) is 0 Å². The molecule has 2 aromatic rings. The first-order valence-electron chi connectivity index (χ1n) is 10.9. The highest BCUT2D eigenvalue weighted by Crippen LogP contribution is 2.31. The average Bonchev–Trinajstić information content (AvgIpc) is 2.80. The van der Waals surface area contributed by atoms with Crippen molar-refractivity contribution in [3.63, 3.8) is 0 Å². The van der Waals surface area contributed by atoms with Gasteiger partial charge in [-0.25, -0.2) is 13.2 Å². The third-order valence-corrected chi connectivity index (χ3v) is 7.11. The summed E-state index contributed by atoms with van der Waals surface area (Å²) < 4.78 is 33.7. The van der Waals surface area contributed by atoms with Crippen LogP contribution in [0.15, 0.2) is 47.4 Å². The van der Waals surface area contributed by atoms with E-state index in [-0.39, 0.29) is 28.6 Å². The monoisotopic (exact) mass is 490 g/mol. The number of ether oxygens (including phenoxy) is 1. The molecular formula is C23H30N4O6S. The lowest BCUT2D eigenvalue weighted by atomic mass is 10.1. The fourth-order valence-corrected chi connectivity index (χ4v) is 5.10. The molecule has 0 unspecified atom stereocenters. The van der Waals surface area contributed by atoms with E-state index >= 15 is 0 Å². The van der Waals surface area contributed by atoms with Gasteiger partial charge >= 0.3 is 5.97 Å². The van der Waals surface area contributed by atoms with Crippen molar-refractivity contribution >= 4 is 33.3 Å². The fourth-order valence-electron chi connectivity index (χ4n) is 3.78. The van der Waals surface area contributed by atoms with Gasteiger partial charge in [-0.1, -0.05) is 18.2 Å². The SMILES string of the molecule is COCCNC(=O)CN1CCN(c2ccc(C(=O)O)cc2NS(=O)(=O)c2ccccc2C)CC1. The maximum absolute atomic E-state index is 13.1. The smallest absolute Gasteiger partial charge is 0.335 e. The summed E-state index contributed by atoms with van der Waals surface area (Å²) in [5, 5.41) is 12.2. The molecule has 0 radical (unpaired) electrons. The second-order valence-electron chi connectivity index (χ2n) is 8.01. The zero-order valence-corrected chi connectivity index (χ0v) is 20.1. The van der Waals surface area contributed by atoms with E-state index in [1.165, 1.54) is 18.2 Å². The number of anilines is 2. The molecule has 0 bridgehead atoms. The number of carbonyl (C=O) groups excluding carboxylic acids is 1. The summed E-state index contributed by atoms with van der Waals surface area (Å²) >= 11 is 0. The van der Waals surface area contributed by atoms with Gasteiger partial charge < -0.3 is 20.1 Å². The van der Waals surface area contributed by atoms with Gasteiger partial charge in [0.05, 0.1) is 35.0 Å². The summed E-state index contributed by atoms with van der Waals surface area (Å²) in [5.41, 5.74) is 1.36. The zero-order valence-electron chi connectivity index (χ0n) is 19.3. The Bertz CT molecular complexity index is 1130. The summed E-state index contributed by atoms with van der Waals surface area (Å²) in [6.07, 6.45) is 0. The number of aryl methyl sites for hydroxylation is 1. The Labute approximate surface area is 199 Å². The van der Waals surface area contributed by atoms with E-state index in [1.807, 2.05) is 9.80 Å². The Kier molecular flexibility index (Phi) is 8.48. The van der Waals surface area contributed by atoms with Crippen molar-refractivity contribution in [3.05, 3.63) is 53.6 Å². The van der Waals surface area contributed by atoms with Gasteiger partial charge in [0.2, 0.25) is 5.91 Å². The number of carboxylic acid groups (broad SMARTS) is 1. The second kappa shape index (κ2) is 11.3. The predicted molar refractivity (Wildman–Crippen MR) is 129 cm³/mol. The van der Waals surface area contributed by atoms with Gasteiger partial charge in [-0.2, -0.15) is 0 Å². The summed E-state index contributed by atoms with van der Waals surface area (Å²) in [4.78, 5) is 27.7. The zero-order chi connectivity index (χ0) is 24.7. The maximum atomic E-state index is 13.1. The van der Waals surface area contributed by atoms with Crippen molar-refractivity contribution in [1.82, 2.24) is 10.2 Å². The van der Waals surface area contributed by atoms with Gasteiger partial charge in [0.1, 0.15) is 0 Å². The number of hydrogen-bond donors (Lipinski definition) is 3. The first kappa shape index (κ1) is 25.5. The summed E-state index contributed by atoms with van der Waals surface area (Å²) in [6.45, 7) is 5.18. The van der Waals surface area contributed by atoms with Crippen molar-refractivity contribution in [1.29, 1.82) is 0 Å². The molecule has 0 aromatic heterocycles. The van der Waals surface area contributed by atoms with Crippen LogP contribution in [-0.4, -0.2) is 83.3 Å². The molecule has 1 fully saturated rings. The van der Waals surface area contributed by atoms with E-state index < -0.39 is 16.0 Å². The summed E-state index contributed by atoms with van der Waals surface area (Å²) in [7, 11) is -2.36. The number of carboxylic acids is 1. The molecular weight excluding hydrogens is 460 g/mol. The van der Waals surface area contributed by atoms with Crippen molar-refractivity contribution in [2.75, 3.05) is 62.6 Å². The highest BCUT2D eigenvalue weighted by molar-refractivity contribution is 7.92. The molecule has 3 N–H and O–H groups in total. The van der Waals surface area contributed by atoms with Crippen LogP contribution in [0.1, 0.15) is 15.9 Å². The van der Waals surface area contributed by atoms with Gasteiger partial charge in [-0.05, 0) is 36.8 Å². The molecule has 184 valence electrons. The molecule has 0 aliphatic carbocycles. The number of sulfonamides is 1. The number of hydrogen-bond acceptors (Lipinski definition) is 7. The standard InChI is InChI=1S/C23H30N4O6S/c1-17-5-3-4-6-21(17)34(31,32)25-19-15-18(23(29)30)7-8-20(19)27-12-10-26(11-13-27)16-22(28)24-9-14-33-2/h3-8,15,25H,9-14,16H2,1-2H3,(H,24,28)(H,29,30). The molecule has 1 aliphatic rings. The average molecular weight is 491 g/mol. The fraction of sp³-hybridized carbons (Fsp3) is 0.391. The van der Waals surface area contributed by atoms with Crippen LogP contribution in [0, 0.1) is 6.92 Å². The van der Waals surface area contributed by atoms with Crippen LogP contribution in [0.25, 0.3) is 0 Å². The Balaban J connectivity index is 1.76. The van der Waals surface area contributed by atoms with E-state index in [4.69, 9.17) is 4.74 Å². The summed E-state index contributed by atoms with van der Waals surface area (Å²) in [6, 6.07) is 11.0. The van der Waals surface area contributed by atoms with E-state index in [2.05, 4.69) is 10.0 Å². The number of nitrogens with zero attached hydrogens (tertiary/aromatic N) is 2. The van der Waals surface area contributed by atoms with E-state index in [0.29, 0.717) is 50.6 Å². The number of piperazine rings is 1. The molecule has 1 amide bonds. The Morgan fingerprint density at radius 1 is 1.09 bits per heavy atom. The molecule has 0 atom stereocenters. The minimum atomic E-state index is -3.93. The lowest BCUT2D eigenvalue weighted by molar-refractivity contribution is -0.122. The largest absolute Gasteiger partial charge is 0.478 e. The number of aromatic carboxylic acids is 1. The normalized spacial score (nSPS) is 14.6. The number of rotatable bonds is 10. The topological polar surface area (TPSA) is 128 Å². The van der Waals surface area contributed by atoms with Crippen LogP contribution in [-0.2, 0) is 19.6 Å². The lowest BCUT2D eigenvalue weighted by Gasteiger charge is -2.36. The quantitative estimate of drug-likeness (QED) is 0.426. The minimum Gasteiger partial charge on any atom is -0.478 e. The number of carbonyl (C=O) groups is 2. The molecule has 10 nitrogen and oxygen atoms in total. The van der Waals surface area contributed by atoms with Gasteiger partial charge in [-0.15, -0.1) is 0 Å². The van der Waals surface area contributed by atoms with Crippen LogP contribution in [0.4, 0.5) is 11.4 Å². The van der Waals surface area contributed by atoms with Crippen LogP contribution in [0.3, 0.4) is 0 Å². The Morgan fingerprint density at radius 3 is 2.44 bits per heavy atom. The predicted octanol–water partition coefficient (Wildman–Crippen LogP) is 1.38. The number of nitrogens with one attached hydrogen (secondary N) is 2. The van der Waals surface area contributed by atoms with E-state index in [0.717, 1.165) is 0 Å². The molecule has 1 saturated heterocycles. The first-order valence-corrected chi connectivity index (χ1v) is 12.4.